The highest BCUT2D eigenvalue weighted by Crippen LogP contribution is 2.43. The molecule has 2 heterocycles. The summed E-state index contributed by atoms with van der Waals surface area (Å²) in [7, 11) is -3.72. The molecule has 24 heavy (non-hydrogen) atoms. The topological polar surface area (TPSA) is 58.6 Å². The molecule has 1 aliphatic carbocycles. The number of benzene rings is 1. The van der Waals surface area contributed by atoms with E-state index in [2.05, 4.69) is 9.62 Å². The fourth-order valence-electron chi connectivity index (χ4n) is 4.72. The Labute approximate surface area is 144 Å². The first-order valence-electron chi connectivity index (χ1n) is 9.19. The molecule has 5 nitrogen and oxygen atoms in total. The molecule has 3 atom stereocenters. The summed E-state index contributed by atoms with van der Waals surface area (Å²) in [6.07, 6.45) is 8.51. The predicted molar refractivity (Wildman–Crippen MR) is 93.0 cm³/mol. The van der Waals surface area contributed by atoms with Gasteiger partial charge in [0.1, 0.15) is 5.75 Å². The van der Waals surface area contributed by atoms with E-state index in [0.717, 1.165) is 25.1 Å². The maximum atomic E-state index is 12.2. The number of piperidine rings is 1. The Bertz CT molecular complexity index is 685. The molecule has 1 saturated carbocycles. The van der Waals surface area contributed by atoms with Gasteiger partial charge in [-0.1, -0.05) is 37.5 Å². The van der Waals surface area contributed by atoms with Crippen LogP contribution in [-0.2, 0) is 10.3 Å². The van der Waals surface area contributed by atoms with Crippen LogP contribution < -0.4 is 8.91 Å². The summed E-state index contributed by atoms with van der Waals surface area (Å²) in [5, 5.41) is 0. The molecule has 6 heteroatoms. The van der Waals surface area contributed by atoms with Crippen molar-refractivity contribution in [2.75, 3.05) is 13.1 Å². The summed E-state index contributed by atoms with van der Waals surface area (Å²) in [4.78, 5) is 2.61. The summed E-state index contributed by atoms with van der Waals surface area (Å²) >= 11 is 0. The maximum absolute atomic E-state index is 12.2. The highest BCUT2D eigenvalue weighted by Gasteiger charge is 2.41. The molecule has 1 saturated heterocycles. The molecular weight excluding hydrogens is 324 g/mol. The van der Waals surface area contributed by atoms with Crippen molar-refractivity contribution in [1.29, 1.82) is 0 Å². The molecule has 2 fully saturated rings. The van der Waals surface area contributed by atoms with Crippen molar-refractivity contribution in [2.24, 2.45) is 5.92 Å². The molecule has 0 amide bonds. The third-order valence-corrected chi connectivity index (χ3v) is 6.74. The van der Waals surface area contributed by atoms with E-state index >= 15 is 0 Å². The minimum atomic E-state index is -3.72. The molecule has 1 aromatic rings. The molecule has 4 rings (SSSR count). The van der Waals surface area contributed by atoms with Gasteiger partial charge in [-0.15, -0.1) is 0 Å². The molecule has 3 aliphatic rings. The minimum Gasteiger partial charge on any atom is -0.371 e. The number of para-hydroxylation sites is 1. The maximum Gasteiger partial charge on any atom is 0.383 e. The smallest absolute Gasteiger partial charge is 0.371 e. The normalized spacial score (nSPS) is 33.4. The number of likely N-dealkylation sites (tertiary alicyclic amines) is 1. The van der Waals surface area contributed by atoms with Crippen LogP contribution in [-0.4, -0.2) is 32.4 Å². The van der Waals surface area contributed by atoms with Crippen LogP contribution in [0.3, 0.4) is 0 Å². The second-order valence-corrected chi connectivity index (χ2v) is 8.59. The van der Waals surface area contributed by atoms with Gasteiger partial charge in [0.25, 0.3) is 0 Å². The fraction of sp³-hybridized carbons (Fsp3) is 0.667. The summed E-state index contributed by atoms with van der Waals surface area (Å²) in [6, 6.07) is 7.86. The van der Waals surface area contributed by atoms with Gasteiger partial charge < -0.3 is 9.08 Å². The van der Waals surface area contributed by atoms with Crippen LogP contribution in [0.15, 0.2) is 24.3 Å². The third-order valence-electron chi connectivity index (χ3n) is 5.79. The number of rotatable bonds is 2. The summed E-state index contributed by atoms with van der Waals surface area (Å²) in [6.45, 7) is 2.30. The molecular formula is C18H26N2O3S. The number of nitrogens with zero attached hydrogens (tertiary/aromatic N) is 1. The van der Waals surface area contributed by atoms with E-state index in [1.165, 1.54) is 38.5 Å². The molecule has 0 radical (unpaired) electrons. The largest absolute Gasteiger partial charge is 0.383 e. The van der Waals surface area contributed by atoms with Crippen LogP contribution in [0.1, 0.15) is 56.6 Å². The van der Waals surface area contributed by atoms with E-state index < -0.39 is 10.3 Å². The van der Waals surface area contributed by atoms with E-state index in [4.69, 9.17) is 4.18 Å². The molecule has 0 spiro atoms. The van der Waals surface area contributed by atoms with Crippen molar-refractivity contribution in [1.82, 2.24) is 9.62 Å². The summed E-state index contributed by atoms with van der Waals surface area (Å²) in [5.74, 6) is 0.806. The predicted octanol–water partition coefficient (Wildman–Crippen LogP) is 3.00. The first kappa shape index (κ1) is 16.4. The average Bonchev–Trinajstić information content (AvgIpc) is 2.61. The Morgan fingerprint density at radius 1 is 1.00 bits per heavy atom. The van der Waals surface area contributed by atoms with Crippen LogP contribution in [0.2, 0.25) is 0 Å². The van der Waals surface area contributed by atoms with Gasteiger partial charge in [-0.3, -0.25) is 0 Å². The average molecular weight is 350 g/mol. The lowest BCUT2D eigenvalue weighted by molar-refractivity contribution is 0.0678. The van der Waals surface area contributed by atoms with Gasteiger partial charge in [0.05, 0.1) is 6.04 Å². The Hall–Kier alpha value is -1.11. The Balaban J connectivity index is 1.67. The number of hydrogen-bond acceptors (Lipinski definition) is 4. The standard InChI is InChI=1S/C18H26N2O3S/c21-24(22)19-18(15-9-3-5-11-17(15)23-24)14-8-2-4-10-16(14)20-12-6-1-7-13-20/h3,5,9,11,14,16,18-19H,1-2,4,6-8,10,12-13H2/t14-,16+,18+/m1/s1. The monoisotopic (exact) mass is 350 g/mol. The van der Waals surface area contributed by atoms with Crippen LogP contribution in [0, 0.1) is 5.92 Å². The van der Waals surface area contributed by atoms with Crippen molar-refractivity contribution >= 4 is 10.3 Å². The first-order chi connectivity index (χ1) is 11.6. The van der Waals surface area contributed by atoms with Crippen molar-refractivity contribution in [3.8, 4) is 5.75 Å². The molecule has 0 bridgehead atoms. The Morgan fingerprint density at radius 3 is 2.58 bits per heavy atom. The second-order valence-electron chi connectivity index (χ2n) is 7.28. The Kier molecular flexibility index (Phi) is 4.54. The number of fused-ring (bicyclic) bond motifs is 1. The summed E-state index contributed by atoms with van der Waals surface area (Å²) in [5.41, 5.74) is 0.987. The van der Waals surface area contributed by atoms with Crippen LogP contribution >= 0.6 is 0 Å². The Morgan fingerprint density at radius 2 is 1.75 bits per heavy atom. The zero-order valence-electron chi connectivity index (χ0n) is 14.0. The van der Waals surface area contributed by atoms with Gasteiger partial charge >= 0.3 is 10.3 Å². The molecule has 2 aliphatic heterocycles. The zero-order chi connectivity index (χ0) is 16.6. The fourth-order valence-corrected chi connectivity index (χ4v) is 5.77. The van der Waals surface area contributed by atoms with Crippen LogP contribution in [0.25, 0.3) is 0 Å². The highest BCUT2D eigenvalue weighted by molar-refractivity contribution is 7.85. The first-order valence-corrected chi connectivity index (χ1v) is 10.6. The zero-order valence-corrected chi connectivity index (χ0v) is 14.8. The highest BCUT2D eigenvalue weighted by atomic mass is 32.2. The van der Waals surface area contributed by atoms with Gasteiger partial charge in [0.2, 0.25) is 0 Å². The minimum absolute atomic E-state index is 0.174. The lowest BCUT2D eigenvalue weighted by Gasteiger charge is -2.45. The summed E-state index contributed by atoms with van der Waals surface area (Å²) < 4.78 is 32.4. The van der Waals surface area contributed by atoms with Gasteiger partial charge in [0.15, 0.2) is 0 Å². The molecule has 1 N–H and O–H groups in total. The van der Waals surface area contributed by atoms with Crippen LogP contribution in [0.4, 0.5) is 0 Å². The van der Waals surface area contributed by atoms with E-state index in [1.54, 1.807) is 6.07 Å². The van der Waals surface area contributed by atoms with Crippen molar-refractivity contribution in [3.05, 3.63) is 29.8 Å². The quantitative estimate of drug-likeness (QED) is 0.891. The molecule has 0 aromatic heterocycles. The van der Waals surface area contributed by atoms with E-state index in [1.807, 2.05) is 18.2 Å². The van der Waals surface area contributed by atoms with E-state index in [0.29, 0.717) is 17.7 Å². The molecule has 1 aromatic carbocycles. The lowest BCUT2D eigenvalue weighted by Crippen LogP contribution is -2.51. The SMILES string of the molecule is O=S1(=O)N[C@@H]([C@@H]2CCCC[C@@H]2N2CCCCC2)c2ccccc2O1. The van der Waals surface area contributed by atoms with E-state index in [9.17, 15) is 8.42 Å². The van der Waals surface area contributed by atoms with Crippen molar-refractivity contribution in [2.45, 2.75) is 57.0 Å². The second kappa shape index (κ2) is 6.65. The third kappa shape index (κ3) is 3.19. The number of nitrogens with one attached hydrogen (secondary N) is 1. The lowest BCUT2D eigenvalue weighted by atomic mass is 9.76. The van der Waals surface area contributed by atoms with Gasteiger partial charge in [-0.25, -0.2) is 0 Å². The van der Waals surface area contributed by atoms with Crippen molar-refractivity contribution < 1.29 is 12.6 Å². The van der Waals surface area contributed by atoms with Crippen molar-refractivity contribution in [3.63, 3.8) is 0 Å². The number of hydrogen-bond donors (Lipinski definition) is 1. The van der Waals surface area contributed by atoms with Gasteiger partial charge in [-0.2, -0.15) is 13.1 Å². The van der Waals surface area contributed by atoms with Gasteiger partial charge in [-0.05, 0) is 50.8 Å². The molecule has 132 valence electrons. The van der Waals surface area contributed by atoms with Crippen LogP contribution in [0.5, 0.6) is 5.75 Å². The molecule has 0 unspecified atom stereocenters. The van der Waals surface area contributed by atoms with Gasteiger partial charge in [0, 0.05) is 11.6 Å². The van der Waals surface area contributed by atoms with E-state index in [-0.39, 0.29) is 6.04 Å².